The molecule has 0 amide bonds. The average molecular weight is 510 g/mol. The molecular weight excluding hydrogens is 485 g/mol. The van der Waals surface area contributed by atoms with E-state index < -0.39 is 10.0 Å². The third kappa shape index (κ3) is 5.52. The standard InChI is InChI=1S/C22H25BrFN3O3S/c23-17-4-3-5-19(14-17)31(28,29)25-10-1-2-11-27-12-8-16(9-13-27)22-20-7-6-18(24)15-21(20)30-26-22/h3-7,14-16,25H,1-2,8-13H2. The van der Waals surface area contributed by atoms with Gasteiger partial charge in [-0.05, 0) is 75.6 Å². The lowest BCUT2D eigenvalue weighted by Gasteiger charge is -2.31. The normalized spacial score (nSPS) is 16.2. The molecule has 9 heteroatoms. The molecule has 1 aromatic heterocycles. The molecule has 0 bridgehead atoms. The number of hydrogen-bond acceptors (Lipinski definition) is 5. The minimum atomic E-state index is -3.47. The first-order chi connectivity index (χ1) is 14.9. The van der Waals surface area contributed by atoms with E-state index in [0.29, 0.717) is 18.0 Å². The molecule has 31 heavy (non-hydrogen) atoms. The van der Waals surface area contributed by atoms with Crippen LogP contribution in [0.1, 0.15) is 37.3 Å². The Labute approximate surface area is 190 Å². The minimum absolute atomic E-state index is 0.270. The maximum Gasteiger partial charge on any atom is 0.240 e. The molecule has 0 atom stereocenters. The molecule has 0 saturated carbocycles. The van der Waals surface area contributed by atoms with Gasteiger partial charge in [0.05, 0.1) is 10.6 Å². The van der Waals surface area contributed by atoms with Crippen molar-refractivity contribution in [2.24, 2.45) is 0 Å². The molecule has 166 valence electrons. The predicted molar refractivity (Wildman–Crippen MR) is 121 cm³/mol. The molecule has 1 fully saturated rings. The first kappa shape index (κ1) is 22.4. The van der Waals surface area contributed by atoms with E-state index in [2.05, 4.69) is 30.7 Å². The van der Waals surface area contributed by atoms with Crippen LogP contribution < -0.4 is 4.72 Å². The number of piperidine rings is 1. The summed E-state index contributed by atoms with van der Waals surface area (Å²) in [6.45, 7) is 3.29. The van der Waals surface area contributed by atoms with E-state index in [1.807, 2.05) is 0 Å². The molecule has 6 nitrogen and oxygen atoms in total. The van der Waals surface area contributed by atoms with Crippen LogP contribution in [0, 0.1) is 5.82 Å². The monoisotopic (exact) mass is 509 g/mol. The van der Waals surface area contributed by atoms with E-state index in [4.69, 9.17) is 4.52 Å². The molecule has 1 saturated heterocycles. The summed E-state index contributed by atoms with van der Waals surface area (Å²) in [6.07, 6.45) is 3.67. The highest BCUT2D eigenvalue weighted by molar-refractivity contribution is 9.10. The molecule has 3 aromatic rings. The fourth-order valence-corrected chi connectivity index (χ4v) is 5.71. The highest BCUT2D eigenvalue weighted by Crippen LogP contribution is 2.32. The maximum absolute atomic E-state index is 13.3. The number of likely N-dealkylation sites (tertiary alicyclic amines) is 1. The fourth-order valence-electron chi connectivity index (χ4n) is 4.04. The topological polar surface area (TPSA) is 75.4 Å². The number of sulfonamides is 1. The second-order valence-electron chi connectivity index (χ2n) is 7.89. The molecule has 1 aliphatic rings. The van der Waals surface area contributed by atoms with E-state index >= 15 is 0 Å². The largest absolute Gasteiger partial charge is 0.356 e. The van der Waals surface area contributed by atoms with Gasteiger partial charge in [-0.25, -0.2) is 17.5 Å². The maximum atomic E-state index is 13.3. The molecule has 1 N–H and O–H groups in total. The summed E-state index contributed by atoms with van der Waals surface area (Å²) in [6, 6.07) is 11.3. The Kier molecular flexibility index (Phi) is 7.05. The van der Waals surface area contributed by atoms with E-state index in [1.165, 1.54) is 12.1 Å². The number of hydrogen-bond donors (Lipinski definition) is 1. The molecular formula is C22H25BrFN3O3S. The van der Waals surface area contributed by atoms with Crippen LogP contribution in [0.25, 0.3) is 11.0 Å². The number of nitrogens with zero attached hydrogens (tertiary/aromatic N) is 2. The van der Waals surface area contributed by atoms with E-state index in [9.17, 15) is 12.8 Å². The van der Waals surface area contributed by atoms with Gasteiger partial charge in [0.15, 0.2) is 5.58 Å². The highest BCUT2D eigenvalue weighted by Gasteiger charge is 2.25. The summed E-state index contributed by atoms with van der Waals surface area (Å²) in [5.74, 6) is 0.00363. The second kappa shape index (κ2) is 9.77. The van der Waals surface area contributed by atoms with Crippen LogP contribution in [-0.4, -0.2) is 44.7 Å². The first-order valence-electron chi connectivity index (χ1n) is 10.4. The number of halogens is 2. The van der Waals surface area contributed by atoms with Gasteiger partial charge in [-0.3, -0.25) is 0 Å². The van der Waals surface area contributed by atoms with Crippen LogP contribution in [-0.2, 0) is 10.0 Å². The van der Waals surface area contributed by atoms with Gasteiger partial charge in [-0.2, -0.15) is 0 Å². The fraction of sp³-hybridized carbons (Fsp3) is 0.409. The van der Waals surface area contributed by atoms with Crippen molar-refractivity contribution in [3.63, 3.8) is 0 Å². The van der Waals surface area contributed by atoms with E-state index in [1.54, 1.807) is 30.3 Å². The Bertz CT molecular complexity index is 1140. The van der Waals surface area contributed by atoms with Gasteiger partial charge in [0, 0.05) is 28.4 Å². The summed E-state index contributed by atoms with van der Waals surface area (Å²) in [5, 5.41) is 5.10. The summed E-state index contributed by atoms with van der Waals surface area (Å²) in [4.78, 5) is 2.67. The number of nitrogens with one attached hydrogen (secondary N) is 1. The van der Waals surface area contributed by atoms with Crippen molar-refractivity contribution in [3.05, 3.63) is 58.4 Å². The van der Waals surface area contributed by atoms with Crippen molar-refractivity contribution < 1.29 is 17.3 Å². The van der Waals surface area contributed by atoms with Gasteiger partial charge in [-0.15, -0.1) is 0 Å². The number of aromatic nitrogens is 1. The Morgan fingerprint density at radius 2 is 1.97 bits per heavy atom. The Morgan fingerprint density at radius 1 is 1.16 bits per heavy atom. The van der Waals surface area contributed by atoms with Gasteiger partial charge < -0.3 is 9.42 Å². The van der Waals surface area contributed by atoms with Crippen LogP contribution in [0.3, 0.4) is 0 Å². The number of unbranched alkanes of at least 4 members (excludes halogenated alkanes) is 1. The Balaban J connectivity index is 1.19. The predicted octanol–water partition coefficient (Wildman–Crippen LogP) is 4.67. The van der Waals surface area contributed by atoms with Crippen LogP contribution in [0.4, 0.5) is 4.39 Å². The van der Waals surface area contributed by atoms with Crippen molar-refractivity contribution in [2.75, 3.05) is 26.2 Å². The smallest absolute Gasteiger partial charge is 0.240 e. The zero-order valence-electron chi connectivity index (χ0n) is 17.1. The molecule has 2 heterocycles. The van der Waals surface area contributed by atoms with Crippen molar-refractivity contribution >= 4 is 36.9 Å². The van der Waals surface area contributed by atoms with Crippen LogP contribution in [0.15, 0.2) is 56.4 Å². The summed E-state index contributed by atoms with van der Waals surface area (Å²) in [7, 11) is -3.47. The Hall–Kier alpha value is -1.81. The van der Waals surface area contributed by atoms with Crippen LogP contribution in [0.5, 0.6) is 0 Å². The van der Waals surface area contributed by atoms with Crippen molar-refractivity contribution in [2.45, 2.75) is 36.5 Å². The van der Waals surface area contributed by atoms with Crippen LogP contribution in [0.2, 0.25) is 0 Å². The Morgan fingerprint density at radius 3 is 2.74 bits per heavy atom. The highest BCUT2D eigenvalue weighted by atomic mass is 79.9. The van der Waals surface area contributed by atoms with Gasteiger partial charge in [0.1, 0.15) is 5.82 Å². The van der Waals surface area contributed by atoms with E-state index in [-0.39, 0.29) is 10.7 Å². The third-order valence-corrected chi connectivity index (χ3v) is 7.69. The van der Waals surface area contributed by atoms with Gasteiger partial charge in [0.25, 0.3) is 0 Å². The molecule has 0 unspecified atom stereocenters. The van der Waals surface area contributed by atoms with Gasteiger partial charge in [0.2, 0.25) is 10.0 Å². The zero-order chi connectivity index (χ0) is 21.8. The van der Waals surface area contributed by atoms with Crippen LogP contribution >= 0.6 is 15.9 Å². The minimum Gasteiger partial charge on any atom is -0.356 e. The van der Waals surface area contributed by atoms with Gasteiger partial charge in [-0.1, -0.05) is 27.2 Å². The lowest BCUT2D eigenvalue weighted by Crippen LogP contribution is -2.34. The lowest BCUT2D eigenvalue weighted by molar-refractivity contribution is 0.206. The van der Waals surface area contributed by atoms with E-state index in [0.717, 1.165) is 60.9 Å². The summed E-state index contributed by atoms with van der Waals surface area (Å²) < 4.78 is 46.7. The molecule has 2 aromatic carbocycles. The molecule has 0 spiro atoms. The summed E-state index contributed by atoms with van der Waals surface area (Å²) >= 11 is 3.30. The van der Waals surface area contributed by atoms with Gasteiger partial charge >= 0.3 is 0 Å². The summed E-state index contributed by atoms with van der Waals surface area (Å²) in [5.41, 5.74) is 1.43. The second-order valence-corrected chi connectivity index (χ2v) is 10.6. The number of rotatable bonds is 8. The SMILES string of the molecule is O=S(=O)(NCCCCN1CCC(c2noc3cc(F)ccc23)CC1)c1cccc(Br)c1. The quantitative estimate of drug-likeness (QED) is 0.446. The van der Waals surface area contributed by atoms with Crippen molar-refractivity contribution in [1.82, 2.24) is 14.8 Å². The molecule has 0 radical (unpaired) electrons. The first-order valence-corrected chi connectivity index (χ1v) is 12.7. The molecule has 1 aliphatic heterocycles. The van der Waals surface area contributed by atoms with Crippen molar-refractivity contribution in [3.8, 4) is 0 Å². The molecule has 4 rings (SSSR count). The lowest BCUT2D eigenvalue weighted by atomic mass is 9.91. The van der Waals surface area contributed by atoms with Crippen molar-refractivity contribution in [1.29, 1.82) is 0 Å². The number of fused-ring (bicyclic) bond motifs is 1. The third-order valence-electron chi connectivity index (χ3n) is 5.74. The average Bonchev–Trinajstić information content (AvgIpc) is 3.17. The molecule has 0 aliphatic carbocycles. The zero-order valence-corrected chi connectivity index (χ0v) is 19.5. The number of benzene rings is 2.